The molecule has 7 heteroatoms. The highest BCUT2D eigenvalue weighted by molar-refractivity contribution is 6.09. The van der Waals surface area contributed by atoms with Crippen LogP contribution < -0.4 is 11.6 Å². The predicted molar refractivity (Wildman–Crippen MR) is 134 cm³/mol. The second-order valence-electron chi connectivity index (χ2n) is 9.54. The minimum Gasteiger partial charge on any atom is -0.354 e. The van der Waals surface area contributed by atoms with E-state index in [2.05, 4.69) is 48.9 Å². The SMILES string of the molecule is C=CC(C/C=C(\C)C1=NC(C)=C(C2=NN(N)C(O)N2C)CC1c1ccccc1)C1(N)CCC1. The molecule has 5 N–H and O–H groups in total. The van der Waals surface area contributed by atoms with E-state index < -0.39 is 6.35 Å². The van der Waals surface area contributed by atoms with Crippen LogP contribution >= 0.6 is 0 Å². The topological polar surface area (TPSA) is 103 Å². The molecule has 3 unspecified atom stereocenters. The molecule has 4 rings (SSSR count). The van der Waals surface area contributed by atoms with E-state index in [0.717, 1.165) is 47.8 Å². The summed E-state index contributed by atoms with van der Waals surface area (Å²) in [5, 5.41) is 15.7. The number of hydrazone groups is 1. The molecule has 2 aliphatic heterocycles. The number of hydrogen-bond acceptors (Lipinski definition) is 7. The largest absolute Gasteiger partial charge is 0.354 e. The van der Waals surface area contributed by atoms with Gasteiger partial charge in [0.25, 0.3) is 0 Å². The Hall–Kier alpha value is -2.74. The summed E-state index contributed by atoms with van der Waals surface area (Å²) in [4.78, 5) is 6.75. The van der Waals surface area contributed by atoms with Crippen molar-refractivity contribution in [1.29, 1.82) is 0 Å². The van der Waals surface area contributed by atoms with Crippen molar-refractivity contribution in [2.24, 2.45) is 27.6 Å². The quantitative estimate of drug-likeness (QED) is 0.437. The molecule has 3 atom stereocenters. The van der Waals surface area contributed by atoms with E-state index in [-0.39, 0.29) is 17.4 Å². The number of allylic oxidation sites excluding steroid dienone is 3. The number of nitrogens with two attached hydrogens (primary N) is 2. The van der Waals surface area contributed by atoms with Gasteiger partial charge >= 0.3 is 0 Å². The van der Waals surface area contributed by atoms with Gasteiger partial charge in [-0.3, -0.25) is 4.99 Å². The average molecular weight is 449 g/mol. The van der Waals surface area contributed by atoms with E-state index in [1.165, 1.54) is 17.6 Å². The number of likely N-dealkylation sites (N-methyl/N-ethyl adjacent to an activating group) is 1. The molecule has 0 aromatic heterocycles. The normalized spacial score (nSPS) is 26.1. The molecule has 3 aliphatic rings. The van der Waals surface area contributed by atoms with Gasteiger partial charge in [0, 0.05) is 29.8 Å². The zero-order valence-corrected chi connectivity index (χ0v) is 19.9. The fraction of sp³-hybridized carbons (Fsp3) is 0.462. The maximum absolute atomic E-state index is 10.2. The molecule has 0 spiro atoms. The zero-order valence-electron chi connectivity index (χ0n) is 19.9. The van der Waals surface area contributed by atoms with Crippen LogP contribution in [0.15, 0.2) is 76.0 Å². The first-order valence-corrected chi connectivity index (χ1v) is 11.7. The second-order valence-corrected chi connectivity index (χ2v) is 9.54. The van der Waals surface area contributed by atoms with Crippen LogP contribution in [0.3, 0.4) is 0 Å². The Balaban J connectivity index is 1.68. The summed E-state index contributed by atoms with van der Waals surface area (Å²) in [6, 6.07) is 10.4. The van der Waals surface area contributed by atoms with Gasteiger partial charge in [0.05, 0.1) is 5.71 Å². The average Bonchev–Trinajstić information content (AvgIpc) is 3.05. The van der Waals surface area contributed by atoms with Crippen molar-refractivity contribution in [2.45, 2.75) is 63.8 Å². The van der Waals surface area contributed by atoms with E-state index in [9.17, 15) is 5.11 Å². The second kappa shape index (κ2) is 9.25. The third-order valence-corrected chi connectivity index (χ3v) is 7.45. The summed E-state index contributed by atoms with van der Waals surface area (Å²) in [6.45, 7) is 8.19. The molecule has 0 bridgehead atoms. The number of benzene rings is 1. The Bertz CT molecular complexity index is 1020. The van der Waals surface area contributed by atoms with Gasteiger partial charge in [-0.25, -0.2) is 5.84 Å². The van der Waals surface area contributed by atoms with Gasteiger partial charge in [0.15, 0.2) is 5.84 Å². The Morgan fingerprint density at radius 1 is 1.33 bits per heavy atom. The molecular formula is C26H36N6O. The number of aliphatic imine (C=N–C) groups is 1. The molecular weight excluding hydrogens is 412 g/mol. The number of hydrogen-bond donors (Lipinski definition) is 3. The van der Waals surface area contributed by atoms with Crippen LogP contribution in [0.5, 0.6) is 0 Å². The molecule has 1 saturated carbocycles. The van der Waals surface area contributed by atoms with Crippen molar-refractivity contribution >= 4 is 11.5 Å². The minimum atomic E-state index is -0.978. The molecule has 1 aromatic rings. The van der Waals surface area contributed by atoms with Crippen molar-refractivity contribution in [2.75, 3.05) is 7.05 Å². The number of nitrogens with zero attached hydrogens (tertiary/aromatic N) is 4. The van der Waals surface area contributed by atoms with E-state index in [4.69, 9.17) is 16.6 Å². The summed E-state index contributed by atoms with van der Waals surface area (Å²) in [6.07, 6.45) is 8.24. The molecule has 7 nitrogen and oxygen atoms in total. The van der Waals surface area contributed by atoms with E-state index in [1.807, 2.05) is 19.1 Å². The number of rotatable bonds is 7. The fourth-order valence-electron chi connectivity index (χ4n) is 5.07. The fourth-order valence-corrected chi connectivity index (χ4v) is 5.07. The summed E-state index contributed by atoms with van der Waals surface area (Å²) in [5.74, 6) is 6.85. The molecule has 0 saturated heterocycles. The minimum absolute atomic E-state index is 0.0823. The van der Waals surface area contributed by atoms with Gasteiger partial charge < -0.3 is 15.7 Å². The summed E-state index contributed by atoms with van der Waals surface area (Å²) < 4.78 is 0. The van der Waals surface area contributed by atoms with Gasteiger partial charge in [-0.1, -0.05) is 42.5 Å². The molecule has 1 aromatic carbocycles. The van der Waals surface area contributed by atoms with Gasteiger partial charge in [-0.05, 0) is 63.0 Å². The molecule has 176 valence electrons. The van der Waals surface area contributed by atoms with Crippen LogP contribution in [0.2, 0.25) is 0 Å². The standard InChI is InChI=1S/C26H36N6O/c1-5-20(26(27)14-9-15-26)13-12-17(2)23-22(19-10-7-6-8-11-19)16-21(18(3)29-23)24-30-32(28)25(33)31(24)4/h5-8,10-12,20,22,25,33H,1,9,13-16,27-28H2,2-4H3/b17-12+. The zero-order chi connectivity index (χ0) is 23.8. The molecule has 1 fully saturated rings. The summed E-state index contributed by atoms with van der Waals surface area (Å²) in [7, 11) is 1.79. The lowest BCUT2D eigenvalue weighted by Gasteiger charge is -2.43. The van der Waals surface area contributed by atoms with Crippen molar-refractivity contribution in [1.82, 2.24) is 10.0 Å². The molecule has 33 heavy (non-hydrogen) atoms. The van der Waals surface area contributed by atoms with Crippen molar-refractivity contribution in [3.63, 3.8) is 0 Å². The summed E-state index contributed by atoms with van der Waals surface area (Å²) in [5.41, 5.74) is 11.8. The van der Waals surface area contributed by atoms with Gasteiger partial charge in [0.1, 0.15) is 0 Å². The van der Waals surface area contributed by atoms with Gasteiger partial charge in [0.2, 0.25) is 6.35 Å². The van der Waals surface area contributed by atoms with E-state index >= 15 is 0 Å². The third kappa shape index (κ3) is 4.40. The number of aliphatic hydroxyl groups is 1. The Morgan fingerprint density at radius 3 is 2.58 bits per heavy atom. The maximum atomic E-state index is 10.2. The van der Waals surface area contributed by atoms with Crippen molar-refractivity contribution < 1.29 is 5.11 Å². The smallest absolute Gasteiger partial charge is 0.239 e. The van der Waals surface area contributed by atoms with Crippen LogP contribution in [0, 0.1) is 5.92 Å². The van der Waals surface area contributed by atoms with Crippen LogP contribution in [0.25, 0.3) is 0 Å². The first kappa shape index (κ1) is 23.4. The highest BCUT2D eigenvalue weighted by Gasteiger charge is 2.39. The third-order valence-electron chi connectivity index (χ3n) is 7.45. The van der Waals surface area contributed by atoms with Crippen molar-refractivity contribution in [3.05, 3.63) is 71.5 Å². The molecule has 0 radical (unpaired) electrons. The Labute approximate surface area is 196 Å². The molecule has 0 amide bonds. The molecule has 2 heterocycles. The molecule has 1 aliphatic carbocycles. The number of hydrazine groups is 1. The predicted octanol–water partition coefficient (Wildman–Crippen LogP) is 3.62. The van der Waals surface area contributed by atoms with Gasteiger partial charge in [-0.2, -0.15) is 5.12 Å². The van der Waals surface area contributed by atoms with Crippen LogP contribution in [-0.2, 0) is 0 Å². The lowest BCUT2D eigenvalue weighted by atomic mass is 9.67. The highest BCUT2D eigenvalue weighted by Crippen LogP contribution is 2.40. The highest BCUT2D eigenvalue weighted by atomic mass is 16.3. The lowest BCUT2D eigenvalue weighted by molar-refractivity contribution is -0.0501. The number of aliphatic hydroxyl groups excluding tert-OH is 1. The maximum Gasteiger partial charge on any atom is 0.239 e. The first-order chi connectivity index (χ1) is 15.7. The Kier molecular flexibility index (Phi) is 6.56. The van der Waals surface area contributed by atoms with Gasteiger partial charge in [-0.15, -0.1) is 11.7 Å². The number of amidine groups is 1. The van der Waals surface area contributed by atoms with Crippen LogP contribution in [0.4, 0.5) is 0 Å². The van der Waals surface area contributed by atoms with E-state index in [1.54, 1.807) is 11.9 Å². The van der Waals surface area contributed by atoms with Crippen LogP contribution in [0.1, 0.15) is 57.4 Å². The Morgan fingerprint density at radius 2 is 2.03 bits per heavy atom. The van der Waals surface area contributed by atoms with Crippen molar-refractivity contribution in [3.8, 4) is 0 Å². The first-order valence-electron chi connectivity index (χ1n) is 11.7. The van der Waals surface area contributed by atoms with E-state index in [0.29, 0.717) is 5.84 Å². The lowest BCUT2D eigenvalue weighted by Crippen LogP contribution is -2.52. The van der Waals surface area contributed by atoms with Crippen LogP contribution in [-0.4, -0.2) is 45.6 Å². The summed E-state index contributed by atoms with van der Waals surface area (Å²) >= 11 is 0. The monoisotopic (exact) mass is 448 g/mol.